The van der Waals surface area contributed by atoms with E-state index in [4.69, 9.17) is 43.0 Å². The molecule has 0 radical (unpaired) electrons. The summed E-state index contributed by atoms with van der Waals surface area (Å²) in [5.74, 6) is 0. The van der Waals surface area contributed by atoms with E-state index in [-0.39, 0.29) is 12.7 Å². The molecule has 216 valence electrons. The molecule has 0 aliphatic carbocycles. The fourth-order valence-electron chi connectivity index (χ4n) is 2.65. The first kappa shape index (κ1) is 35.0. The van der Waals surface area contributed by atoms with Gasteiger partial charge in [-0.25, -0.2) is 4.79 Å². The number of ether oxygens (including phenoxy) is 8. The second-order valence-corrected chi connectivity index (χ2v) is 8.97. The van der Waals surface area contributed by atoms with Gasteiger partial charge in [0, 0.05) is 20.2 Å². The molecule has 0 aliphatic heterocycles. The summed E-state index contributed by atoms with van der Waals surface area (Å²) < 4.78 is 43.0. The lowest BCUT2D eigenvalue weighted by Crippen LogP contribution is -2.34. The molecule has 1 amide bonds. The van der Waals surface area contributed by atoms with Gasteiger partial charge in [-0.05, 0) is 40.0 Å². The normalized spacial score (nSPS) is 11.7. The van der Waals surface area contributed by atoms with Gasteiger partial charge in [-0.2, -0.15) is 0 Å². The Balaban J connectivity index is 3.17. The minimum Gasteiger partial charge on any atom is -0.444 e. The number of amides is 1. The van der Waals surface area contributed by atoms with Gasteiger partial charge in [0.2, 0.25) is 0 Å². The summed E-state index contributed by atoms with van der Waals surface area (Å²) in [7, 11) is 1.76. The quantitative estimate of drug-likeness (QED) is 0.168. The first-order chi connectivity index (χ1) is 17.4. The highest BCUT2D eigenvalue weighted by Crippen LogP contribution is 2.09. The highest BCUT2D eigenvalue weighted by molar-refractivity contribution is 5.67. The first-order valence-electron chi connectivity index (χ1n) is 13.0. The molecule has 0 saturated carbocycles. The third-order valence-electron chi connectivity index (χ3n) is 4.46. The number of hydrogen-bond acceptors (Lipinski definition) is 10. The van der Waals surface area contributed by atoms with Crippen LogP contribution in [-0.2, 0) is 37.9 Å². The Kier molecular flexibility index (Phi) is 24.8. The van der Waals surface area contributed by atoms with Crippen molar-refractivity contribution in [2.75, 3.05) is 113 Å². The van der Waals surface area contributed by atoms with Crippen LogP contribution in [0.2, 0.25) is 0 Å². The third-order valence-corrected chi connectivity index (χ3v) is 4.46. The molecule has 0 saturated heterocycles. The maximum atomic E-state index is 11.9. The van der Waals surface area contributed by atoms with E-state index in [9.17, 15) is 4.79 Å². The fraction of sp³-hybridized carbons (Fsp3) is 0.960. The van der Waals surface area contributed by atoms with Crippen molar-refractivity contribution in [1.29, 1.82) is 0 Å². The van der Waals surface area contributed by atoms with Crippen LogP contribution in [0.5, 0.6) is 0 Å². The molecule has 11 nitrogen and oxygen atoms in total. The van der Waals surface area contributed by atoms with Crippen molar-refractivity contribution in [3.05, 3.63) is 0 Å². The Morgan fingerprint density at radius 3 is 1.31 bits per heavy atom. The van der Waals surface area contributed by atoms with Crippen LogP contribution in [0.1, 0.15) is 40.0 Å². The summed E-state index contributed by atoms with van der Waals surface area (Å²) in [6.45, 7) is 13.5. The first-order valence-corrected chi connectivity index (χ1v) is 13.0. The summed E-state index contributed by atoms with van der Waals surface area (Å²) in [6, 6.07) is 0. The van der Waals surface area contributed by atoms with Crippen molar-refractivity contribution in [3.8, 4) is 0 Å². The number of hydrogen-bond donors (Lipinski definition) is 1. The van der Waals surface area contributed by atoms with Gasteiger partial charge >= 0.3 is 6.09 Å². The second kappa shape index (κ2) is 25.6. The number of carbonyl (C=O) groups is 1. The SMILES string of the molecule is CN(CCCCCOCCOCCOCCOCCOCCOCCOCCO)C(=O)OC(C)(C)C. The van der Waals surface area contributed by atoms with Crippen LogP contribution in [-0.4, -0.2) is 134 Å². The molecule has 36 heavy (non-hydrogen) atoms. The zero-order chi connectivity index (χ0) is 26.7. The lowest BCUT2D eigenvalue weighted by molar-refractivity contribution is -0.0215. The van der Waals surface area contributed by atoms with Gasteiger partial charge in [-0.15, -0.1) is 0 Å². The lowest BCUT2D eigenvalue weighted by atomic mass is 10.2. The minimum atomic E-state index is -0.465. The number of aliphatic hydroxyl groups is 1. The Morgan fingerprint density at radius 1 is 0.583 bits per heavy atom. The predicted octanol–water partition coefficient (Wildman–Crippen LogP) is 2.13. The highest BCUT2D eigenvalue weighted by Gasteiger charge is 2.18. The minimum absolute atomic E-state index is 0.0273. The van der Waals surface area contributed by atoms with Gasteiger partial charge in [0.25, 0.3) is 0 Å². The molecule has 0 atom stereocenters. The molecule has 0 aromatic heterocycles. The zero-order valence-electron chi connectivity index (χ0n) is 23.0. The van der Waals surface area contributed by atoms with Gasteiger partial charge in [0.15, 0.2) is 0 Å². The van der Waals surface area contributed by atoms with Crippen molar-refractivity contribution in [1.82, 2.24) is 4.90 Å². The molecule has 0 spiro atoms. The van der Waals surface area contributed by atoms with Crippen LogP contribution >= 0.6 is 0 Å². The van der Waals surface area contributed by atoms with Gasteiger partial charge in [0.1, 0.15) is 5.60 Å². The van der Waals surface area contributed by atoms with Gasteiger partial charge < -0.3 is 47.9 Å². The number of carbonyl (C=O) groups excluding carboxylic acids is 1. The molecule has 0 fully saturated rings. The topological polar surface area (TPSA) is 114 Å². The number of aliphatic hydroxyl groups excluding tert-OH is 1. The third kappa shape index (κ3) is 27.5. The Morgan fingerprint density at radius 2 is 0.944 bits per heavy atom. The summed E-state index contributed by atoms with van der Waals surface area (Å²) >= 11 is 0. The summed E-state index contributed by atoms with van der Waals surface area (Å²) in [5, 5.41) is 8.56. The maximum absolute atomic E-state index is 11.9. The Bertz CT molecular complexity index is 476. The van der Waals surface area contributed by atoms with Crippen LogP contribution in [0.25, 0.3) is 0 Å². The van der Waals surface area contributed by atoms with Gasteiger partial charge in [-0.3, -0.25) is 0 Å². The average molecular weight is 526 g/mol. The molecule has 0 aromatic rings. The van der Waals surface area contributed by atoms with Crippen molar-refractivity contribution >= 4 is 6.09 Å². The smallest absolute Gasteiger partial charge is 0.410 e. The van der Waals surface area contributed by atoms with Crippen LogP contribution < -0.4 is 0 Å². The van der Waals surface area contributed by atoms with E-state index in [0.29, 0.717) is 99.0 Å². The Hall–Kier alpha value is -1.05. The number of rotatable bonds is 26. The molecule has 0 bridgehead atoms. The molecule has 11 heteroatoms. The lowest BCUT2D eigenvalue weighted by Gasteiger charge is -2.24. The maximum Gasteiger partial charge on any atom is 0.410 e. The van der Waals surface area contributed by atoms with Crippen molar-refractivity contribution < 1.29 is 47.8 Å². The summed E-state index contributed by atoms with van der Waals surface area (Å²) in [5.41, 5.74) is -0.465. The van der Waals surface area contributed by atoms with Crippen molar-refractivity contribution in [3.63, 3.8) is 0 Å². The molecule has 0 unspecified atom stereocenters. The molecule has 1 N–H and O–H groups in total. The Labute approximate surface area is 217 Å². The van der Waals surface area contributed by atoms with Crippen LogP contribution in [0, 0.1) is 0 Å². The summed E-state index contributed by atoms with van der Waals surface area (Å²) in [6.07, 6.45) is 2.58. The average Bonchev–Trinajstić information content (AvgIpc) is 2.82. The van der Waals surface area contributed by atoms with Crippen LogP contribution in [0.3, 0.4) is 0 Å². The zero-order valence-corrected chi connectivity index (χ0v) is 23.0. The van der Waals surface area contributed by atoms with E-state index >= 15 is 0 Å². The van der Waals surface area contributed by atoms with E-state index < -0.39 is 5.60 Å². The second-order valence-electron chi connectivity index (χ2n) is 8.97. The fourth-order valence-corrected chi connectivity index (χ4v) is 2.65. The molecular weight excluding hydrogens is 474 g/mol. The van der Waals surface area contributed by atoms with E-state index in [2.05, 4.69) is 0 Å². The molecule has 0 aromatic carbocycles. The predicted molar refractivity (Wildman–Crippen MR) is 136 cm³/mol. The van der Waals surface area contributed by atoms with Crippen molar-refractivity contribution in [2.24, 2.45) is 0 Å². The molecule has 0 rings (SSSR count). The molecular formula is C25H51NO10. The van der Waals surface area contributed by atoms with Crippen LogP contribution in [0.4, 0.5) is 4.79 Å². The standard InChI is InChI=1S/C25H51NO10/c1-25(2,3)36-24(28)26(4)8-6-5-7-10-29-12-14-31-16-18-33-20-22-35-23-21-34-19-17-32-15-13-30-11-9-27/h27H,5-23H2,1-4H3. The van der Waals surface area contributed by atoms with E-state index in [1.54, 1.807) is 11.9 Å². The van der Waals surface area contributed by atoms with Crippen molar-refractivity contribution in [2.45, 2.75) is 45.6 Å². The molecule has 0 aliphatic rings. The van der Waals surface area contributed by atoms with Crippen LogP contribution in [0.15, 0.2) is 0 Å². The van der Waals surface area contributed by atoms with E-state index in [1.165, 1.54) is 0 Å². The van der Waals surface area contributed by atoms with Gasteiger partial charge in [0.05, 0.1) is 92.5 Å². The van der Waals surface area contributed by atoms with Gasteiger partial charge in [-0.1, -0.05) is 0 Å². The highest BCUT2D eigenvalue weighted by atomic mass is 16.6. The molecule has 0 heterocycles. The monoisotopic (exact) mass is 525 g/mol. The van der Waals surface area contributed by atoms with E-state index in [0.717, 1.165) is 19.3 Å². The number of unbranched alkanes of at least 4 members (excludes halogenated alkanes) is 2. The summed E-state index contributed by atoms with van der Waals surface area (Å²) in [4.78, 5) is 13.5. The largest absolute Gasteiger partial charge is 0.444 e. The van der Waals surface area contributed by atoms with E-state index in [1.807, 2.05) is 20.8 Å². The number of nitrogens with zero attached hydrogens (tertiary/aromatic N) is 1.